The summed E-state index contributed by atoms with van der Waals surface area (Å²) in [6.45, 7) is 3.44. The van der Waals surface area contributed by atoms with Gasteiger partial charge in [-0.15, -0.1) is 0 Å². The molecule has 0 aromatic heterocycles. The zero-order chi connectivity index (χ0) is 23.9. The summed E-state index contributed by atoms with van der Waals surface area (Å²) >= 11 is 5.91. The lowest BCUT2D eigenvalue weighted by Gasteiger charge is -2.31. The van der Waals surface area contributed by atoms with Crippen molar-refractivity contribution in [3.63, 3.8) is 0 Å². The molecule has 174 valence electrons. The van der Waals surface area contributed by atoms with E-state index in [2.05, 4.69) is 5.32 Å². The Morgan fingerprint density at radius 1 is 1.16 bits per heavy atom. The lowest BCUT2D eigenvalue weighted by atomic mass is 10.1. The molecule has 0 bridgehead atoms. The first kappa shape index (κ1) is 25.5. The van der Waals surface area contributed by atoms with E-state index in [1.165, 1.54) is 24.1 Å². The predicted molar refractivity (Wildman–Crippen MR) is 125 cm³/mol. The van der Waals surface area contributed by atoms with Crippen LogP contribution in [0.3, 0.4) is 0 Å². The number of nitrogens with one attached hydrogen (secondary N) is 1. The van der Waals surface area contributed by atoms with Crippen LogP contribution >= 0.6 is 11.6 Å². The van der Waals surface area contributed by atoms with Crippen LogP contribution in [0.2, 0.25) is 5.02 Å². The summed E-state index contributed by atoms with van der Waals surface area (Å²) in [5, 5.41) is 3.15. The highest BCUT2D eigenvalue weighted by molar-refractivity contribution is 7.92. The molecule has 2 amide bonds. The molecule has 0 heterocycles. The summed E-state index contributed by atoms with van der Waals surface area (Å²) in [6.07, 6.45) is 1.02. The third-order valence-electron chi connectivity index (χ3n) is 4.80. The van der Waals surface area contributed by atoms with Crippen LogP contribution in [-0.4, -0.2) is 57.6 Å². The van der Waals surface area contributed by atoms with E-state index in [9.17, 15) is 18.0 Å². The summed E-state index contributed by atoms with van der Waals surface area (Å²) in [6, 6.07) is 12.4. The third-order valence-corrected chi connectivity index (χ3v) is 6.19. The van der Waals surface area contributed by atoms with Gasteiger partial charge >= 0.3 is 0 Å². The second-order valence-electron chi connectivity index (χ2n) is 7.19. The maximum atomic E-state index is 13.3. The number of nitrogens with zero attached hydrogens (tertiary/aromatic N) is 2. The predicted octanol–water partition coefficient (Wildman–Crippen LogP) is 2.67. The number of sulfonamides is 1. The van der Waals surface area contributed by atoms with Crippen LogP contribution in [0.15, 0.2) is 48.5 Å². The van der Waals surface area contributed by atoms with Crippen molar-refractivity contribution in [3.8, 4) is 5.75 Å². The van der Waals surface area contributed by atoms with Gasteiger partial charge < -0.3 is 15.0 Å². The first-order valence-electron chi connectivity index (χ1n) is 10.00. The average Bonchev–Trinajstić information content (AvgIpc) is 2.75. The topological polar surface area (TPSA) is 96.0 Å². The lowest BCUT2D eigenvalue weighted by Crippen LogP contribution is -2.51. The van der Waals surface area contributed by atoms with E-state index < -0.39 is 28.5 Å². The minimum absolute atomic E-state index is 0.104. The van der Waals surface area contributed by atoms with Crippen molar-refractivity contribution in [3.05, 3.63) is 59.1 Å². The van der Waals surface area contributed by atoms with Gasteiger partial charge in [-0.1, -0.05) is 23.7 Å². The van der Waals surface area contributed by atoms with Crippen LogP contribution in [0, 0.1) is 0 Å². The first-order chi connectivity index (χ1) is 15.1. The number of benzene rings is 2. The van der Waals surface area contributed by atoms with Crippen LogP contribution < -0.4 is 14.4 Å². The Balaban J connectivity index is 2.38. The second kappa shape index (κ2) is 11.2. The molecule has 0 fully saturated rings. The van der Waals surface area contributed by atoms with Gasteiger partial charge in [0.25, 0.3) is 0 Å². The molecule has 2 aromatic carbocycles. The SMILES string of the molecule is CCNC(=O)[C@H](C)N(Cc1cccc(OC)c1)C(=O)CN(c1ccc(Cl)cc1)S(C)(=O)=O. The van der Waals surface area contributed by atoms with Crippen LogP contribution in [0.5, 0.6) is 5.75 Å². The van der Waals surface area contributed by atoms with Gasteiger partial charge in [0.15, 0.2) is 0 Å². The van der Waals surface area contributed by atoms with Crippen molar-refractivity contribution >= 4 is 39.1 Å². The normalized spacial score (nSPS) is 12.0. The van der Waals surface area contributed by atoms with E-state index in [0.29, 0.717) is 23.0 Å². The Morgan fingerprint density at radius 3 is 2.38 bits per heavy atom. The van der Waals surface area contributed by atoms with E-state index in [1.54, 1.807) is 50.2 Å². The van der Waals surface area contributed by atoms with Gasteiger partial charge in [0.1, 0.15) is 18.3 Å². The molecule has 1 atom stereocenters. The van der Waals surface area contributed by atoms with Crippen LogP contribution in [-0.2, 0) is 26.2 Å². The minimum Gasteiger partial charge on any atom is -0.497 e. The summed E-state index contributed by atoms with van der Waals surface area (Å²) in [7, 11) is -2.24. The lowest BCUT2D eigenvalue weighted by molar-refractivity contribution is -0.139. The largest absolute Gasteiger partial charge is 0.497 e. The van der Waals surface area contributed by atoms with Gasteiger partial charge in [-0.25, -0.2) is 8.42 Å². The maximum absolute atomic E-state index is 13.3. The van der Waals surface area contributed by atoms with Crippen molar-refractivity contribution in [2.24, 2.45) is 0 Å². The molecule has 0 aliphatic heterocycles. The number of carbonyl (C=O) groups excluding carboxylic acids is 2. The number of halogens is 1. The van der Waals surface area contributed by atoms with Crippen LogP contribution in [0.1, 0.15) is 19.4 Å². The summed E-state index contributed by atoms with van der Waals surface area (Å²) in [5.74, 6) is -0.243. The highest BCUT2D eigenvalue weighted by Gasteiger charge is 2.29. The molecule has 0 saturated carbocycles. The molecule has 2 aromatic rings. The average molecular weight is 482 g/mol. The Labute approximate surface area is 194 Å². The number of amides is 2. The number of anilines is 1. The van der Waals surface area contributed by atoms with Crippen LogP contribution in [0.25, 0.3) is 0 Å². The molecule has 2 rings (SSSR count). The Morgan fingerprint density at radius 2 is 1.81 bits per heavy atom. The van der Waals surface area contributed by atoms with Crippen molar-refractivity contribution < 1.29 is 22.7 Å². The standard InChI is InChI=1S/C22H28ClN3O5S/c1-5-24-22(28)16(2)25(14-17-7-6-8-20(13-17)31-3)21(27)15-26(32(4,29)30)19-11-9-18(23)10-12-19/h6-13,16H,5,14-15H2,1-4H3,(H,24,28)/t16-/m0/s1. The molecule has 0 aliphatic carbocycles. The van der Waals surface area contributed by atoms with E-state index in [0.717, 1.165) is 16.1 Å². The van der Waals surface area contributed by atoms with E-state index in [-0.39, 0.29) is 12.5 Å². The van der Waals surface area contributed by atoms with Gasteiger partial charge in [0.05, 0.1) is 19.1 Å². The first-order valence-corrected chi connectivity index (χ1v) is 12.2. The zero-order valence-corrected chi connectivity index (χ0v) is 20.1. The quantitative estimate of drug-likeness (QED) is 0.562. The number of rotatable bonds is 10. The smallest absolute Gasteiger partial charge is 0.244 e. The number of likely N-dealkylation sites (N-methyl/N-ethyl adjacent to an activating group) is 1. The number of methoxy groups -OCH3 is 1. The van der Waals surface area contributed by atoms with Crippen molar-refractivity contribution in [1.29, 1.82) is 0 Å². The monoisotopic (exact) mass is 481 g/mol. The van der Waals surface area contributed by atoms with E-state index >= 15 is 0 Å². The van der Waals surface area contributed by atoms with Crippen molar-refractivity contribution in [1.82, 2.24) is 10.2 Å². The number of ether oxygens (including phenoxy) is 1. The molecule has 0 saturated heterocycles. The second-order valence-corrected chi connectivity index (χ2v) is 9.53. The molecule has 8 nitrogen and oxygen atoms in total. The summed E-state index contributed by atoms with van der Waals surface area (Å²) in [4.78, 5) is 27.2. The molecular formula is C22H28ClN3O5S. The summed E-state index contributed by atoms with van der Waals surface area (Å²) in [5.41, 5.74) is 1.04. The third kappa shape index (κ3) is 6.86. The van der Waals surface area contributed by atoms with Gasteiger partial charge in [-0.3, -0.25) is 13.9 Å². The molecule has 32 heavy (non-hydrogen) atoms. The van der Waals surface area contributed by atoms with Gasteiger partial charge in [-0.05, 0) is 55.8 Å². The maximum Gasteiger partial charge on any atom is 0.244 e. The van der Waals surface area contributed by atoms with Gasteiger partial charge in [0.2, 0.25) is 21.8 Å². The number of hydrogen-bond donors (Lipinski definition) is 1. The van der Waals surface area contributed by atoms with Crippen molar-refractivity contribution in [2.75, 3.05) is 30.8 Å². The molecule has 0 spiro atoms. The highest BCUT2D eigenvalue weighted by Crippen LogP contribution is 2.22. The fourth-order valence-corrected chi connectivity index (χ4v) is 4.07. The van der Waals surface area contributed by atoms with Gasteiger partial charge in [-0.2, -0.15) is 0 Å². The highest BCUT2D eigenvalue weighted by atomic mass is 35.5. The molecule has 0 radical (unpaired) electrons. The fourth-order valence-electron chi connectivity index (χ4n) is 3.09. The fraction of sp³-hybridized carbons (Fsp3) is 0.364. The van der Waals surface area contributed by atoms with E-state index in [1.807, 2.05) is 0 Å². The Hall–Kier alpha value is -2.78. The summed E-state index contributed by atoms with van der Waals surface area (Å²) < 4.78 is 31.1. The van der Waals surface area contributed by atoms with Crippen LogP contribution in [0.4, 0.5) is 5.69 Å². The molecule has 0 unspecified atom stereocenters. The Kier molecular flexibility index (Phi) is 8.91. The van der Waals surface area contributed by atoms with Gasteiger partial charge in [0, 0.05) is 18.1 Å². The minimum atomic E-state index is -3.78. The molecule has 0 aliphatic rings. The molecular weight excluding hydrogens is 454 g/mol. The zero-order valence-electron chi connectivity index (χ0n) is 18.5. The number of hydrogen-bond acceptors (Lipinski definition) is 5. The van der Waals surface area contributed by atoms with E-state index in [4.69, 9.17) is 16.3 Å². The van der Waals surface area contributed by atoms with Crippen molar-refractivity contribution in [2.45, 2.75) is 26.4 Å². The number of carbonyl (C=O) groups is 2. The Bertz CT molecular complexity index is 1040. The molecule has 1 N–H and O–H groups in total. The molecule has 10 heteroatoms.